The zero-order chi connectivity index (χ0) is 12.1. The lowest BCUT2D eigenvalue weighted by Crippen LogP contribution is -2.30. The zero-order valence-electron chi connectivity index (χ0n) is 10.1. The van der Waals surface area contributed by atoms with Crippen LogP contribution in [0.1, 0.15) is 20.8 Å². The fourth-order valence-corrected chi connectivity index (χ4v) is 1.57. The number of aromatic nitrogens is 2. The standard InChI is InChI=1S/C11H19N3O2/c1-4-13(5-2)10-6-11(16)14(12-7-10)8-9(3)15/h6-7,9,15H,4-5,8H2,1-3H3/t9-/m1/s1. The van der Waals surface area contributed by atoms with E-state index in [9.17, 15) is 9.90 Å². The molecule has 1 heterocycles. The van der Waals surface area contributed by atoms with Crippen LogP contribution in [-0.2, 0) is 6.54 Å². The van der Waals surface area contributed by atoms with Crippen LogP contribution in [0.4, 0.5) is 5.69 Å². The van der Waals surface area contributed by atoms with Crippen molar-refractivity contribution in [2.75, 3.05) is 18.0 Å². The fourth-order valence-electron chi connectivity index (χ4n) is 1.57. The molecule has 0 radical (unpaired) electrons. The molecule has 0 spiro atoms. The van der Waals surface area contributed by atoms with Crippen molar-refractivity contribution < 1.29 is 5.11 Å². The summed E-state index contributed by atoms with van der Waals surface area (Å²) in [5.74, 6) is 0. The Morgan fingerprint density at radius 2 is 2.12 bits per heavy atom. The van der Waals surface area contributed by atoms with Crippen molar-refractivity contribution in [3.8, 4) is 0 Å². The Morgan fingerprint density at radius 3 is 2.56 bits per heavy atom. The van der Waals surface area contributed by atoms with E-state index in [0.717, 1.165) is 18.8 Å². The molecule has 0 bridgehead atoms. The number of aliphatic hydroxyl groups excluding tert-OH is 1. The first kappa shape index (κ1) is 12.7. The summed E-state index contributed by atoms with van der Waals surface area (Å²) >= 11 is 0. The van der Waals surface area contributed by atoms with Gasteiger partial charge in [0.25, 0.3) is 5.56 Å². The van der Waals surface area contributed by atoms with E-state index < -0.39 is 6.10 Å². The molecule has 1 rings (SSSR count). The molecule has 5 nitrogen and oxygen atoms in total. The Morgan fingerprint density at radius 1 is 1.50 bits per heavy atom. The first-order valence-electron chi connectivity index (χ1n) is 5.58. The first-order valence-corrected chi connectivity index (χ1v) is 5.58. The van der Waals surface area contributed by atoms with Crippen LogP contribution in [-0.4, -0.2) is 34.1 Å². The summed E-state index contributed by atoms with van der Waals surface area (Å²) in [5.41, 5.74) is 0.655. The van der Waals surface area contributed by atoms with Crippen molar-refractivity contribution in [1.82, 2.24) is 9.78 Å². The van der Waals surface area contributed by atoms with E-state index in [1.165, 1.54) is 4.68 Å². The molecule has 1 N–H and O–H groups in total. The average molecular weight is 225 g/mol. The molecule has 1 aromatic heterocycles. The summed E-state index contributed by atoms with van der Waals surface area (Å²) < 4.78 is 1.28. The molecule has 1 atom stereocenters. The van der Waals surface area contributed by atoms with Crippen LogP contribution >= 0.6 is 0 Å². The molecule has 0 saturated heterocycles. The number of anilines is 1. The van der Waals surface area contributed by atoms with Gasteiger partial charge in [-0.05, 0) is 20.8 Å². The lowest BCUT2D eigenvalue weighted by atomic mass is 10.3. The Balaban J connectivity index is 2.94. The maximum atomic E-state index is 11.7. The van der Waals surface area contributed by atoms with Crippen molar-refractivity contribution >= 4 is 5.69 Å². The third kappa shape index (κ3) is 3.06. The van der Waals surface area contributed by atoms with Gasteiger partial charge in [0.2, 0.25) is 0 Å². The molecule has 0 amide bonds. The summed E-state index contributed by atoms with van der Waals surface area (Å²) in [4.78, 5) is 13.7. The highest BCUT2D eigenvalue weighted by atomic mass is 16.3. The quantitative estimate of drug-likeness (QED) is 0.791. The van der Waals surface area contributed by atoms with Crippen LogP contribution < -0.4 is 10.5 Å². The van der Waals surface area contributed by atoms with Crippen molar-refractivity contribution in [3.63, 3.8) is 0 Å². The van der Waals surface area contributed by atoms with Gasteiger partial charge in [0.1, 0.15) is 0 Å². The number of hydrogen-bond donors (Lipinski definition) is 1. The molecule has 0 aliphatic heterocycles. The van der Waals surface area contributed by atoms with E-state index >= 15 is 0 Å². The van der Waals surface area contributed by atoms with E-state index in [4.69, 9.17) is 0 Å². The van der Waals surface area contributed by atoms with Crippen molar-refractivity contribution in [2.24, 2.45) is 0 Å². The average Bonchev–Trinajstić information content (AvgIpc) is 2.23. The molecule has 0 fully saturated rings. The minimum Gasteiger partial charge on any atom is -0.391 e. The van der Waals surface area contributed by atoms with E-state index in [1.54, 1.807) is 19.2 Å². The Hall–Kier alpha value is -1.36. The van der Waals surface area contributed by atoms with Crippen LogP contribution in [0, 0.1) is 0 Å². The van der Waals surface area contributed by atoms with Crippen LogP contribution in [0.2, 0.25) is 0 Å². The van der Waals surface area contributed by atoms with Crippen LogP contribution in [0.15, 0.2) is 17.1 Å². The monoisotopic (exact) mass is 225 g/mol. The molecular weight excluding hydrogens is 206 g/mol. The molecule has 0 aliphatic rings. The van der Waals surface area contributed by atoms with Crippen LogP contribution in [0.5, 0.6) is 0 Å². The lowest BCUT2D eigenvalue weighted by Gasteiger charge is -2.20. The summed E-state index contributed by atoms with van der Waals surface area (Å²) in [6, 6.07) is 1.56. The van der Waals surface area contributed by atoms with Gasteiger partial charge in [-0.15, -0.1) is 0 Å². The third-order valence-corrected chi connectivity index (χ3v) is 2.42. The molecule has 90 valence electrons. The van der Waals surface area contributed by atoms with E-state index in [2.05, 4.69) is 10.00 Å². The Kier molecular flexibility index (Phi) is 4.49. The summed E-state index contributed by atoms with van der Waals surface area (Å²) in [6.45, 7) is 7.62. The molecule has 1 aromatic rings. The molecule has 0 unspecified atom stereocenters. The first-order chi connectivity index (χ1) is 7.58. The highest BCUT2D eigenvalue weighted by Gasteiger charge is 2.06. The Bertz CT molecular complexity index is 383. The van der Waals surface area contributed by atoms with Gasteiger partial charge in [-0.3, -0.25) is 4.79 Å². The van der Waals surface area contributed by atoms with Crippen molar-refractivity contribution in [3.05, 3.63) is 22.6 Å². The molecular formula is C11H19N3O2. The summed E-state index contributed by atoms with van der Waals surface area (Å²) in [6.07, 6.45) is 1.10. The molecule has 0 saturated carbocycles. The van der Waals surface area contributed by atoms with Crippen LogP contribution in [0.25, 0.3) is 0 Å². The maximum Gasteiger partial charge on any atom is 0.268 e. The van der Waals surface area contributed by atoms with Crippen molar-refractivity contribution in [1.29, 1.82) is 0 Å². The number of aliphatic hydroxyl groups is 1. The molecule has 0 aliphatic carbocycles. The fraction of sp³-hybridized carbons (Fsp3) is 0.636. The number of nitrogens with zero attached hydrogens (tertiary/aromatic N) is 3. The minimum atomic E-state index is -0.565. The van der Waals surface area contributed by atoms with E-state index in [0.29, 0.717) is 0 Å². The van der Waals surface area contributed by atoms with E-state index in [1.807, 2.05) is 13.8 Å². The molecule has 16 heavy (non-hydrogen) atoms. The normalized spacial score (nSPS) is 12.5. The molecule has 5 heteroatoms. The second-order valence-electron chi connectivity index (χ2n) is 3.76. The summed E-state index contributed by atoms with van der Waals surface area (Å²) in [7, 11) is 0. The predicted molar refractivity (Wildman–Crippen MR) is 63.7 cm³/mol. The number of rotatable bonds is 5. The Labute approximate surface area is 95.3 Å². The molecule has 0 aromatic carbocycles. The minimum absolute atomic E-state index is 0.176. The largest absolute Gasteiger partial charge is 0.391 e. The highest BCUT2D eigenvalue weighted by molar-refractivity contribution is 5.42. The maximum absolute atomic E-state index is 11.7. The second kappa shape index (κ2) is 5.65. The van der Waals surface area contributed by atoms with Gasteiger partial charge in [0.05, 0.1) is 24.5 Å². The van der Waals surface area contributed by atoms with Gasteiger partial charge < -0.3 is 10.0 Å². The third-order valence-electron chi connectivity index (χ3n) is 2.42. The smallest absolute Gasteiger partial charge is 0.268 e. The summed E-state index contributed by atoms with van der Waals surface area (Å²) in [5, 5.41) is 13.2. The van der Waals surface area contributed by atoms with E-state index in [-0.39, 0.29) is 12.1 Å². The van der Waals surface area contributed by atoms with Crippen LogP contribution in [0.3, 0.4) is 0 Å². The van der Waals surface area contributed by atoms with Gasteiger partial charge in [-0.25, -0.2) is 4.68 Å². The predicted octanol–water partition coefficient (Wildman–Crippen LogP) is 0.470. The van der Waals surface area contributed by atoms with Gasteiger partial charge in [0.15, 0.2) is 0 Å². The van der Waals surface area contributed by atoms with Gasteiger partial charge in [-0.1, -0.05) is 0 Å². The number of hydrogen-bond acceptors (Lipinski definition) is 4. The zero-order valence-corrected chi connectivity index (χ0v) is 10.1. The SMILES string of the molecule is CCN(CC)c1cnn(C[C@@H](C)O)c(=O)c1. The van der Waals surface area contributed by atoms with Gasteiger partial charge in [-0.2, -0.15) is 5.10 Å². The van der Waals surface area contributed by atoms with Gasteiger partial charge >= 0.3 is 0 Å². The topological polar surface area (TPSA) is 58.4 Å². The van der Waals surface area contributed by atoms with Gasteiger partial charge in [0, 0.05) is 19.2 Å². The lowest BCUT2D eigenvalue weighted by molar-refractivity contribution is 0.166. The highest BCUT2D eigenvalue weighted by Crippen LogP contribution is 2.08. The second-order valence-corrected chi connectivity index (χ2v) is 3.76. The van der Waals surface area contributed by atoms with Crippen molar-refractivity contribution in [2.45, 2.75) is 33.4 Å².